The Morgan fingerprint density at radius 2 is 1.76 bits per heavy atom. The van der Waals surface area contributed by atoms with E-state index in [1.54, 1.807) is 30.3 Å². The SMILES string of the molecule is CCOc1cc(/C=N/NC(=O)CN(c2cccc(Cl)c2Cl)S(C)(=O)=O)ccc1OCc1ccc(Cl)cc1. The third-order valence-corrected chi connectivity index (χ3v) is 7.05. The van der Waals surface area contributed by atoms with Crippen molar-refractivity contribution < 1.29 is 22.7 Å². The van der Waals surface area contributed by atoms with Gasteiger partial charge < -0.3 is 9.47 Å². The van der Waals surface area contributed by atoms with Gasteiger partial charge in [-0.3, -0.25) is 9.10 Å². The minimum atomic E-state index is -3.83. The third-order valence-electron chi connectivity index (χ3n) is 4.87. The van der Waals surface area contributed by atoms with Crippen molar-refractivity contribution in [2.45, 2.75) is 13.5 Å². The number of ether oxygens (including phenoxy) is 2. The summed E-state index contributed by atoms with van der Waals surface area (Å²) in [4.78, 5) is 12.5. The van der Waals surface area contributed by atoms with Gasteiger partial charge in [-0.15, -0.1) is 0 Å². The summed E-state index contributed by atoms with van der Waals surface area (Å²) in [5.74, 6) is 0.372. The number of halogens is 3. The van der Waals surface area contributed by atoms with Crippen molar-refractivity contribution >= 4 is 62.6 Å². The Bertz CT molecular complexity index is 1380. The molecule has 0 aliphatic carbocycles. The molecule has 0 bridgehead atoms. The average Bonchev–Trinajstić information content (AvgIpc) is 2.84. The van der Waals surface area contributed by atoms with Crippen LogP contribution in [0.25, 0.3) is 0 Å². The highest BCUT2D eigenvalue weighted by Crippen LogP contribution is 2.33. The van der Waals surface area contributed by atoms with Crippen molar-refractivity contribution in [2.24, 2.45) is 5.10 Å². The number of sulfonamides is 1. The molecule has 0 fully saturated rings. The van der Waals surface area contributed by atoms with Crippen molar-refractivity contribution in [3.63, 3.8) is 0 Å². The second-order valence-electron chi connectivity index (χ2n) is 7.69. The summed E-state index contributed by atoms with van der Waals surface area (Å²) in [6, 6.07) is 17.0. The van der Waals surface area contributed by atoms with Crippen LogP contribution >= 0.6 is 34.8 Å². The van der Waals surface area contributed by atoms with Crippen LogP contribution in [-0.2, 0) is 21.4 Å². The zero-order chi connectivity index (χ0) is 27.0. The van der Waals surface area contributed by atoms with Gasteiger partial charge in [-0.05, 0) is 60.5 Å². The summed E-state index contributed by atoms with van der Waals surface area (Å²) in [5.41, 5.74) is 3.98. The van der Waals surface area contributed by atoms with Crippen molar-refractivity contribution in [3.8, 4) is 11.5 Å². The first-order chi connectivity index (χ1) is 17.6. The summed E-state index contributed by atoms with van der Waals surface area (Å²) in [7, 11) is -3.83. The molecular formula is C25H24Cl3N3O5S. The summed E-state index contributed by atoms with van der Waals surface area (Å²) in [5, 5.41) is 4.76. The van der Waals surface area contributed by atoms with E-state index in [2.05, 4.69) is 10.5 Å². The Morgan fingerprint density at radius 1 is 1.03 bits per heavy atom. The van der Waals surface area contributed by atoms with E-state index in [-0.39, 0.29) is 15.7 Å². The summed E-state index contributed by atoms with van der Waals surface area (Å²) >= 11 is 18.1. The first-order valence-electron chi connectivity index (χ1n) is 11.0. The Hall–Kier alpha value is -2.98. The van der Waals surface area contributed by atoms with Gasteiger partial charge in [-0.1, -0.05) is 53.0 Å². The van der Waals surface area contributed by atoms with Gasteiger partial charge in [-0.25, -0.2) is 13.8 Å². The molecule has 0 spiro atoms. The normalized spacial score (nSPS) is 11.4. The highest BCUT2D eigenvalue weighted by molar-refractivity contribution is 7.92. The molecule has 0 aliphatic heterocycles. The van der Waals surface area contributed by atoms with Crippen LogP contribution in [0.5, 0.6) is 11.5 Å². The molecule has 12 heteroatoms. The number of anilines is 1. The molecule has 3 rings (SSSR count). The molecule has 37 heavy (non-hydrogen) atoms. The standard InChI is InChI=1S/C25H24Cl3N3O5S/c1-3-35-23-13-18(9-12-22(23)36-16-17-7-10-19(26)11-8-17)14-29-30-24(32)15-31(37(2,33)34)21-6-4-5-20(27)25(21)28/h4-14H,3,15-16H2,1-2H3,(H,30,32)/b29-14+. The Labute approximate surface area is 230 Å². The van der Waals surface area contributed by atoms with Crippen LogP contribution in [0.2, 0.25) is 15.1 Å². The molecule has 196 valence electrons. The number of nitrogens with zero attached hydrogens (tertiary/aromatic N) is 2. The number of rotatable bonds is 11. The fourth-order valence-corrected chi connectivity index (χ4v) is 4.58. The molecule has 0 aliphatic rings. The van der Waals surface area contributed by atoms with Crippen LogP contribution in [0, 0.1) is 0 Å². The Morgan fingerprint density at radius 3 is 2.43 bits per heavy atom. The molecule has 0 atom stereocenters. The van der Waals surface area contributed by atoms with E-state index < -0.39 is 22.5 Å². The molecule has 1 amide bonds. The van der Waals surface area contributed by atoms with Gasteiger partial charge in [0.15, 0.2) is 11.5 Å². The topological polar surface area (TPSA) is 97.3 Å². The molecule has 0 aromatic heterocycles. The van der Waals surface area contributed by atoms with E-state index in [9.17, 15) is 13.2 Å². The zero-order valence-electron chi connectivity index (χ0n) is 19.9. The molecule has 3 aromatic rings. The van der Waals surface area contributed by atoms with Crippen LogP contribution < -0.4 is 19.2 Å². The maximum absolute atomic E-state index is 12.5. The molecule has 8 nitrogen and oxygen atoms in total. The van der Waals surface area contributed by atoms with Gasteiger partial charge in [0.25, 0.3) is 5.91 Å². The minimum absolute atomic E-state index is 0.0210. The quantitative estimate of drug-likeness (QED) is 0.236. The van der Waals surface area contributed by atoms with Gasteiger partial charge in [-0.2, -0.15) is 5.10 Å². The van der Waals surface area contributed by atoms with Gasteiger partial charge in [0.2, 0.25) is 10.0 Å². The lowest BCUT2D eigenvalue weighted by molar-refractivity contribution is -0.119. The molecular weight excluding hydrogens is 561 g/mol. The van der Waals surface area contributed by atoms with Gasteiger partial charge >= 0.3 is 0 Å². The second-order valence-corrected chi connectivity index (χ2v) is 10.8. The Kier molecular flexibility index (Phi) is 10.0. The summed E-state index contributed by atoms with van der Waals surface area (Å²) in [6.45, 7) is 2.05. The molecule has 0 heterocycles. The lowest BCUT2D eigenvalue weighted by Crippen LogP contribution is -2.39. The molecule has 1 N–H and O–H groups in total. The second kappa shape index (κ2) is 13.0. The number of nitrogens with one attached hydrogen (secondary N) is 1. The van der Waals surface area contributed by atoms with E-state index in [0.717, 1.165) is 16.1 Å². The molecule has 3 aromatic carbocycles. The number of carbonyl (C=O) groups excluding carboxylic acids is 1. The van der Waals surface area contributed by atoms with E-state index in [1.807, 2.05) is 19.1 Å². The summed E-state index contributed by atoms with van der Waals surface area (Å²) < 4.78 is 37.0. The maximum atomic E-state index is 12.5. The first-order valence-corrected chi connectivity index (χ1v) is 13.9. The van der Waals surface area contributed by atoms with Crippen molar-refractivity contribution in [1.29, 1.82) is 0 Å². The van der Waals surface area contributed by atoms with Gasteiger partial charge in [0.05, 0.1) is 34.8 Å². The van der Waals surface area contributed by atoms with E-state index in [4.69, 9.17) is 44.3 Å². The van der Waals surface area contributed by atoms with Crippen LogP contribution in [0.3, 0.4) is 0 Å². The van der Waals surface area contributed by atoms with Crippen LogP contribution in [-0.4, -0.2) is 39.9 Å². The highest BCUT2D eigenvalue weighted by Gasteiger charge is 2.23. The fourth-order valence-electron chi connectivity index (χ4n) is 3.14. The number of hydrogen-bond donors (Lipinski definition) is 1. The van der Waals surface area contributed by atoms with Crippen molar-refractivity contribution in [2.75, 3.05) is 23.7 Å². The third kappa shape index (κ3) is 8.26. The molecule has 0 unspecified atom stereocenters. The molecule has 0 saturated heterocycles. The number of hydrogen-bond acceptors (Lipinski definition) is 6. The minimum Gasteiger partial charge on any atom is -0.490 e. The van der Waals surface area contributed by atoms with E-state index >= 15 is 0 Å². The van der Waals surface area contributed by atoms with Crippen LogP contribution in [0.4, 0.5) is 5.69 Å². The number of carbonyl (C=O) groups is 1. The zero-order valence-corrected chi connectivity index (χ0v) is 23.0. The predicted octanol–water partition coefficient (Wildman–Crippen LogP) is 5.54. The number of benzene rings is 3. The average molecular weight is 585 g/mol. The van der Waals surface area contributed by atoms with Crippen LogP contribution in [0.15, 0.2) is 65.8 Å². The summed E-state index contributed by atoms with van der Waals surface area (Å²) in [6.07, 6.45) is 2.37. The smallest absolute Gasteiger partial charge is 0.260 e. The Balaban J connectivity index is 1.67. The largest absolute Gasteiger partial charge is 0.490 e. The first kappa shape index (κ1) is 28.6. The number of amides is 1. The van der Waals surface area contributed by atoms with Crippen molar-refractivity contribution in [3.05, 3.63) is 86.9 Å². The molecule has 0 radical (unpaired) electrons. The fraction of sp³-hybridized carbons (Fsp3) is 0.200. The van der Waals surface area contributed by atoms with Crippen LogP contribution in [0.1, 0.15) is 18.1 Å². The number of hydrazone groups is 1. The lowest BCUT2D eigenvalue weighted by Gasteiger charge is -2.22. The molecule has 0 saturated carbocycles. The van der Waals surface area contributed by atoms with E-state index in [0.29, 0.717) is 35.3 Å². The predicted molar refractivity (Wildman–Crippen MR) is 148 cm³/mol. The van der Waals surface area contributed by atoms with Gasteiger partial charge in [0, 0.05) is 5.02 Å². The van der Waals surface area contributed by atoms with Crippen molar-refractivity contribution in [1.82, 2.24) is 5.43 Å². The highest BCUT2D eigenvalue weighted by atomic mass is 35.5. The maximum Gasteiger partial charge on any atom is 0.260 e. The lowest BCUT2D eigenvalue weighted by atomic mass is 10.2. The van der Waals surface area contributed by atoms with E-state index in [1.165, 1.54) is 24.4 Å². The monoisotopic (exact) mass is 583 g/mol. The van der Waals surface area contributed by atoms with Gasteiger partial charge in [0.1, 0.15) is 13.2 Å².